The molecular formula is C12H21. The van der Waals surface area contributed by atoms with Crippen molar-refractivity contribution in [2.24, 2.45) is 5.92 Å². The van der Waals surface area contributed by atoms with Crippen molar-refractivity contribution in [1.29, 1.82) is 0 Å². The van der Waals surface area contributed by atoms with Gasteiger partial charge in [0.25, 0.3) is 0 Å². The molecule has 0 saturated carbocycles. The molecule has 1 atom stereocenters. The molecule has 0 nitrogen and oxygen atoms in total. The first-order chi connectivity index (χ1) is 5.66. The summed E-state index contributed by atoms with van der Waals surface area (Å²) < 4.78 is 0. The zero-order valence-corrected chi connectivity index (χ0v) is 8.64. The highest BCUT2D eigenvalue weighted by atomic mass is 14.0. The van der Waals surface area contributed by atoms with Gasteiger partial charge in [-0.15, -0.1) is 6.58 Å². The summed E-state index contributed by atoms with van der Waals surface area (Å²) in [6.07, 6.45) is 10.1. The molecule has 69 valence electrons. The molecule has 1 radical (unpaired) electrons. The van der Waals surface area contributed by atoms with Crippen molar-refractivity contribution in [1.82, 2.24) is 0 Å². The Labute approximate surface area is 77.4 Å². The zero-order valence-electron chi connectivity index (χ0n) is 8.64. The summed E-state index contributed by atoms with van der Waals surface area (Å²) in [5.74, 6) is 0.721. The Kier molecular flexibility index (Phi) is 6.84. The Morgan fingerprint density at radius 1 is 1.42 bits per heavy atom. The summed E-state index contributed by atoms with van der Waals surface area (Å²) >= 11 is 0. The maximum Gasteiger partial charge on any atom is -0.0314 e. The molecule has 12 heavy (non-hydrogen) atoms. The van der Waals surface area contributed by atoms with Crippen LogP contribution in [0.1, 0.15) is 40.0 Å². The molecule has 0 amide bonds. The van der Waals surface area contributed by atoms with E-state index in [0.717, 1.165) is 18.8 Å². The topological polar surface area (TPSA) is 0 Å². The molecule has 0 saturated heterocycles. The second-order valence-corrected chi connectivity index (χ2v) is 3.60. The minimum Gasteiger partial charge on any atom is -0.103 e. The monoisotopic (exact) mass is 165 g/mol. The fourth-order valence-electron chi connectivity index (χ4n) is 1.03. The molecule has 0 aliphatic rings. The Balaban J connectivity index is 3.37. The summed E-state index contributed by atoms with van der Waals surface area (Å²) in [5, 5.41) is 0. The molecule has 0 fully saturated rings. The number of allylic oxidation sites excluding steroid dienone is 3. The molecule has 0 heterocycles. The van der Waals surface area contributed by atoms with Crippen LogP contribution in [-0.4, -0.2) is 0 Å². The first kappa shape index (κ1) is 11.5. The van der Waals surface area contributed by atoms with E-state index >= 15 is 0 Å². The minimum absolute atomic E-state index is 0.721. The standard InChI is InChI=1S/C12H21/c1-5-6-9-12(4)10-7-8-11(2)3/h5,8,10,12H,1,6-7,9H2,2-4H3. The molecule has 0 aromatic heterocycles. The summed E-state index contributed by atoms with van der Waals surface area (Å²) in [6.45, 7) is 10.3. The predicted octanol–water partition coefficient (Wildman–Crippen LogP) is 4.15. The van der Waals surface area contributed by atoms with Crippen LogP contribution in [0.4, 0.5) is 0 Å². The van der Waals surface area contributed by atoms with Crippen LogP contribution in [0.2, 0.25) is 0 Å². The van der Waals surface area contributed by atoms with Gasteiger partial charge in [-0.1, -0.05) is 24.6 Å². The van der Waals surface area contributed by atoms with Crippen LogP contribution in [-0.2, 0) is 0 Å². The van der Waals surface area contributed by atoms with Crippen molar-refractivity contribution in [3.8, 4) is 0 Å². The average molecular weight is 165 g/mol. The van der Waals surface area contributed by atoms with Gasteiger partial charge >= 0.3 is 0 Å². The largest absolute Gasteiger partial charge is 0.103 e. The lowest BCUT2D eigenvalue weighted by Gasteiger charge is -2.06. The fraction of sp³-hybridized carbons (Fsp3) is 0.583. The first-order valence-corrected chi connectivity index (χ1v) is 4.74. The van der Waals surface area contributed by atoms with Gasteiger partial charge in [-0.25, -0.2) is 0 Å². The third-order valence-corrected chi connectivity index (χ3v) is 1.89. The Hall–Kier alpha value is -0.520. The predicted molar refractivity (Wildman–Crippen MR) is 56.9 cm³/mol. The van der Waals surface area contributed by atoms with Crippen LogP contribution in [0, 0.1) is 12.3 Å². The highest BCUT2D eigenvalue weighted by Gasteiger charge is 1.98. The van der Waals surface area contributed by atoms with Crippen LogP contribution in [0.25, 0.3) is 0 Å². The van der Waals surface area contributed by atoms with E-state index in [-0.39, 0.29) is 0 Å². The average Bonchev–Trinajstić information content (AvgIpc) is 2.00. The quantitative estimate of drug-likeness (QED) is 0.519. The summed E-state index contributed by atoms with van der Waals surface area (Å²) in [4.78, 5) is 0. The zero-order chi connectivity index (χ0) is 9.40. The molecule has 0 N–H and O–H groups in total. The van der Waals surface area contributed by atoms with E-state index in [0.29, 0.717) is 0 Å². The molecule has 0 spiro atoms. The lowest BCUT2D eigenvalue weighted by Crippen LogP contribution is -1.93. The van der Waals surface area contributed by atoms with Crippen LogP contribution >= 0.6 is 0 Å². The number of hydrogen-bond acceptors (Lipinski definition) is 0. The molecule has 0 rings (SSSR count). The van der Waals surface area contributed by atoms with Crippen molar-refractivity contribution in [3.63, 3.8) is 0 Å². The second-order valence-electron chi connectivity index (χ2n) is 3.60. The van der Waals surface area contributed by atoms with Gasteiger partial charge in [0.1, 0.15) is 0 Å². The maximum atomic E-state index is 3.72. The fourth-order valence-corrected chi connectivity index (χ4v) is 1.03. The van der Waals surface area contributed by atoms with E-state index in [4.69, 9.17) is 0 Å². The Bertz CT molecular complexity index is 138. The third-order valence-electron chi connectivity index (χ3n) is 1.89. The number of rotatable bonds is 6. The normalized spacial score (nSPS) is 12.2. The van der Waals surface area contributed by atoms with E-state index < -0.39 is 0 Å². The third kappa shape index (κ3) is 7.59. The molecule has 0 bridgehead atoms. The van der Waals surface area contributed by atoms with Crippen molar-refractivity contribution in [3.05, 3.63) is 30.7 Å². The molecular weight excluding hydrogens is 144 g/mol. The van der Waals surface area contributed by atoms with Crippen LogP contribution in [0.15, 0.2) is 24.3 Å². The Morgan fingerprint density at radius 2 is 2.08 bits per heavy atom. The van der Waals surface area contributed by atoms with Crippen molar-refractivity contribution in [2.45, 2.75) is 40.0 Å². The van der Waals surface area contributed by atoms with Gasteiger partial charge in [-0.3, -0.25) is 0 Å². The molecule has 1 unspecified atom stereocenters. The van der Waals surface area contributed by atoms with Gasteiger partial charge in [0.15, 0.2) is 0 Å². The van der Waals surface area contributed by atoms with E-state index in [1.54, 1.807) is 0 Å². The molecule has 0 aliphatic carbocycles. The van der Waals surface area contributed by atoms with E-state index in [1.807, 2.05) is 6.08 Å². The van der Waals surface area contributed by atoms with Gasteiger partial charge in [-0.05, 0) is 45.4 Å². The lowest BCUT2D eigenvalue weighted by atomic mass is 9.99. The van der Waals surface area contributed by atoms with Crippen molar-refractivity contribution >= 4 is 0 Å². The maximum absolute atomic E-state index is 3.72. The van der Waals surface area contributed by atoms with Gasteiger partial charge in [-0.2, -0.15) is 0 Å². The van der Waals surface area contributed by atoms with E-state index in [9.17, 15) is 0 Å². The lowest BCUT2D eigenvalue weighted by molar-refractivity contribution is 0.603. The van der Waals surface area contributed by atoms with Gasteiger partial charge < -0.3 is 0 Å². The summed E-state index contributed by atoms with van der Waals surface area (Å²) in [6, 6.07) is 0. The molecule has 0 aromatic rings. The van der Waals surface area contributed by atoms with Crippen LogP contribution < -0.4 is 0 Å². The smallest absolute Gasteiger partial charge is 0.0314 e. The Morgan fingerprint density at radius 3 is 2.58 bits per heavy atom. The second kappa shape index (κ2) is 7.15. The highest BCUT2D eigenvalue weighted by molar-refractivity contribution is 4.96. The minimum atomic E-state index is 0.721. The molecule has 0 heteroatoms. The van der Waals surface area contributed by atoms with Gasteiger partial charge in [0.05, 0.1) is 0 Å². The highest BCUT2D eigenvalue weighted by Crippen LogP contribution is 2.12. The number of hydrogen-bond donors (Lipinski definition) is 0. The van der Waals surface area contributed by atoms with Crippen LogP contribution in [0.3, 0.4) is 0 Å². The van der Waals surface area contributed by atoms with Crippen LogP contribution in [0.5, 0.6) is 0 Å². The molecule has 0 aromatic carbocycles. The summed E-state index contributed by atoms with van der Waals surface area (Å²) in [5.41, 5.74) is 1.40. The van der Waals surface area contributed by atoms with E-state index in [2.05, 4.69) is 39.8 Å². The van der Waals surface area contributed by atoms with Gasteiger partial charge in [0.2, 0.25) is 0 Å². The first-order valence-electron chi connectivity index (χ1n) is 4.74. The molecule has 0 aliphatic heterocycles. The van der Waals surface area contributed by atoms with Crippen molar-refractivity contribution in [2.75, 3.05) is 0 Å². The summed E-state index contributed by atoms with van der Waals surface area (Å²) in [7, 11) is 0. The van der Waals surface area contributed by atoms with Crippen molar-refractivity contribution < 1.29 is 0 Å². The van der Waals surface area contributed by atoms with Gasteiger partial charge in [0, 0.05) is 0 Å². The SMILES string of the molecule is C=CCCC(C)[CH]CC=C(C)C. The van der Waals surface area contributed by atoms with E-state index in [1.165, 1.54) is 12.0 Å².